The van der Waals surface area contributed by atoms with Crippen LogP contribution in [-0.4, -0.2) is 65.0 Å². The SMILES string of the molecule is Cc1nc2ccc(C(=O)N3CCC4(CCCCc5ccccc5OCCN(CC(C)C)C4)CC3)cc2[nH]1. The van der Waals surface area contributed by atoms with E-state index in [1.165, 1.54) is 24.8 Å². The normalized spacial score (nSPS) is 19.3. The average molecular weight is 503 g/mol. The number of H-pyrrole nitrogens is 1. The van der Waals surface area contributed by atoms with E-state index in [4.69, 9.17) is 4.74 Å². The van der Waals surface area contributed by atoms with Gasteiger partial charge in [-0.15, -0.1) is 0 Å². The lowest BCUT2D eigenvalue weighted by molar-refractivity contribution is 0.0355. The van der Waals surface area contributed by atoms with Crippen molar-refractivity contribution in [3.63, 3.8) is 0 Å². The van der Waals surface area contributed by atoms with Crippen LogP contribution in [0.1, 0.15) is 67.7 Å². The quantitative estimate of drug-likeness (QED) is 0.488. The van der Waals surface area contributed by atoms with E-state index in [9.17, 15) is 4.79 Å². The molecule has 2 aliphatic rings. The van der Waals surface area contributed by atoms with Crippen LogP contribution < -0.4 is 4.74 Å². The van der Waals surface area contributed by atoms with Gasteiger partial charge in [-0.25, -0.2) is 4.98 Å². The molecule has 1 spiro atoms. The fourth-order valence-electron chi connectivity index (χ4n) is 6.30. The molecule has 3 heterocycles. The lowest BCUT2D eigenvalue weighted by Crippen LogP contribution is -2.49. The van der Waals surface area contributed by atoms with Crippen LogP contribution in [0, 0.1) is 18.3 Å². The fraction of sp³-hybridized carbons (Fsp3) is 0.548. The van der Waals surface area contributed by atoms with Gasteiger partial charge in [0.1, 0.15) is 18.2 Å². The number of carbonyl (C=O) groups excluding carboxylic acids is 1. The molecule has 1 fully saturated rings. The van der Waals surface area contributed by atoms with Crippen LogP contribution in [-0.2, 0) is 6.42 Å². The molecular weight excluding hydrogens is 460 g/mol. The Morgan fingerprint density at radius 1 is 1.08 bits per heavy atom. The van der Waals surface area contributed by atoms with Crippen molar-refractivity contribution in [3.8, 4) is 5.75 Å². The number of carbonyl (C=O) groups is 1. The van der Waals surface area contributed by atoms with E-state index in [-0.39, 0.29) is 11.3 Å². The molecule has 1 saturated heterocycles. The van der Waals surface area contributed by atoms with Crippen molar-refractivity contribution in [1.82, 2.24) is 19.8 Å². The zero-order valence-electron chi connectivity index (χ0n) is 22.8. The first kappa shape index (κ1) is 25.8. The van der Waals surface area contributed by atoms with Crippen LogP contribution in [0.15, 0.2) is 42.5 Å². The number of likely N-dealkylation sites (tertiary alicyclic amines) is 1. The molecule has 6 nitrogen and oxygen atoms in total. The molecular formula is C31H42N4O2. The van der Waals surface area contributed by atoms with E-state index in [0.717, 1.165) is 86.8 Å². The number of para-hydroxylation sites is 1. The largest absolute Gasteiger partial charge is 0.492 e. The highest BCUT2D eigenvalue weighted by Gasteiger charge is 2.37. The number of ether oxygens (including phenoxy) is 1. The first-order valence-corrected chi connectivity index (χ1v) is 14.1. The molecule has 2 aliphatic heterocycles. The molecule has 0 atom stereocenters. The third kappa shape index (κ3) is 6.18. The molecule has 37 heavy (non-hydrogen) atoms. The third-order valence-corrected chi connectivity index (χ3v) is 8.18. The summed E-state index contributed by atoms with van der Waals surface area (Å²) in [4.78, 5) is 25.9. The Balaban J connectivity index is 1.29. The first-order valence-electron chi connectivity index (χ1n) is 14.1. The molecule has 2 aromatic carbocycles. The summed E-state index contributed by atoms with van der Waals surface area (Å²) >= 11 is 0. The minimum Gasteiger partial charge on any atom is -0.492 e. The number of fused-ring (bicyclic) bond motifs is 2. The van der Waals surface area contributed by atoms with Crippen molar-refractivity contribution in [3.05, 3.63) is 59.4 Å². The Morgan fingerprint density at radius 3 is 2.70 bits per heavy atom. The van der Waals surface area contributed by atoms with E-state index in [1.54, 1.807) is 0 Å². The number of benzene rings is 2. The van der Waals surface area contributed by atoms with Crippen molar-refractivity contribution >= 4 is 16.9 Å². The van der Waals surface area contributed by atoms with E-state index < -0.39 is 0 Å². The van der Waals surface area contributed by atoms with Gasteiger partial charge in [0.05, 0.1) is 11.0 Å². The minimum absolute atomic E-state index is 0.140. The molecule has 0 unspecified atom stereocenters. The molecule has 0 bridgehead atoms. The maximum absolute atomic E-state index is 13.4. The Hall–Kier alpha value is -2.86. The highest BCUT2D eigenvalue weighted by Crippen LogP contribution is 2.39. The van der Waals surface area contributed by atoms with Gasteiger partial charge in [0.15, 0.2) is 0 Å². The lowest BCUT2D eigenvalue weighted by atomic mass is 9.73. The van der Waals surface area contributed by atoms with Gasteiger partial charge in [-0.05, 0) is 80.2 Å². The first-order chi connectivity index (χ1) is 17.9. The highest BCUT2D eigenvalue weighted by molar-refractivity contribution is 5.97. The number of hydrogen-bond donors (Lipinski definition) is 1. The number of hydrogen-bond acceptors (Lipinski definition) is 4. The number of nitrogens with one attached hydrogen (secondary N) is 1. The Morgan fingerprint density at radius 2 is 1.89 bits per heavy atom. The number of aryl methyl sites for hydroxylation is 2. The number of rotatable bonds is 3. The van der Waals surface area contributed by atoms with Gasteiger partial charge in [0.25, 0.3) is 5.91 Å². The molecule has 1 aromatic heterocycles. The molecule has 198 valence electrons. The summed E-state index contributed by atoms with van der Waals surface area (Å²) in [6, 6.07) is 14.4. The van der Waals surface area contributed by atoms with E-state index in [1.807, 2.05) is 25.1 Å². The van der Waals surface area contributed by atoms with Crippen molar-refractivity contribution in [1.29, 1.82) is 0 Å². The summed E-state index contributed by atoms with van der Waals surface area (Å²) < 4.78 is 6.28. The number of imidazole rings is 1. The number of nitrogens with zero attached hydrogens (tertiary/aromatic N) is 3. The van der Waals surface area contributed by atoms with E-state index >= 15 is 0 Å². The van der Waals surface area contributed by atoms with Crippen LogP contribution >= 0.6 is 0 Å². The fourth-order valence-corrected chi connectivity index (χ4v) is 6.30. The topological polar surface area (TPSA) is 61.5 Å². The van der Waals surface area contributed by atoms with Gasteiger partial charge in [0.2, 0.25) is 0 Å². The van der Waals surface area contributed by atoms with Gasteiger partial charge in [-0.3, -0.25) is 9.69 Å². The van der Waals surface area contributed by atoms with E-state index in [0.29, 0.717) is 5.92 Å². The minimum atomic E-state index is 0.140. The predicted molar refractivity (Wildman–Crippen MR) is 149 cm³/mol. The van der Waals surface area contributed by atoms with Crippen LogP contribution in [0.4, 0.5) is 0 Å². The smallest absolute Gasteiger partial charge is 0.253 e. The van der Waals surface area contributed by atoms with Gasteiger partial charge in [-0.1, -0.05) is 38.5 Å². The summed E-state index contributed by atoms with van der Waals surface area (Å²) in [6.45, 7) is 12.1. The monoisotopic (exact) mass is 502 g/mol. The van der Waals surface area contributed by atoms with Gasteiger partial charge >= 0.3 is 0 Å². The second-order valence-corrected chi connectivity index (χ2v) is 11.6. The standard InChI is InChI=1S/C31H42N4O2/c1-23(2)21-34-18-19-37-29-10-5-4-8-25(29)9-6-7-13-31(22-34)14-16-35(17-15-31)30(36)26-11-12-27-28(20-26)33-24(3)32-27/h4-5,8,10-12,20,23H,6-7,9,13-19,21-22H2,1-3H3,(H,32,33). The average Bonchev–Trinajstić information content (AvgIpc) is 3.25. The number of aromatic amines is 1. The van der Waals surface area contributed by atoms with Gasteiger partial charge in [0, 0.05) is 38.3 Å². The Labute approximate surface area is 221 Å². The summed E-state index contributed by atoms with van der Waals surface area (Å²) in [6.07, 6.45) is 6.83. The van der Waals surface area contributed by atoms with Crippen molar-refractivity contribution in [2.75, 3.05) is 39.3 Å². The molecule has 1 amide bonds. The maximum Gasteiger partial charge on any atom is 0.253 e. The lowest BCUT2D eigenvalue weighted by Gasteiger charge is -2.45. The molecule has 0 saturated carbocycles. The maximum atomic E-state index is 13.4. The molecule has 1 N–H and O–H groups in total. The zero-order chi connectivity index (χ0) is 25.8. The molecule has 5 rings (SSSR count). The second-order valence-electron chi connectivity index (χ2n) is 11.6. The summed E-state index contributed by atoms with van der Waals surface area (Å²) in [5, 5.41) is 0. The predicted octanol–water partition coefficient (Wildman–Crippen LogP) is 5.86. The summed E-state index contributed by atoms with van der Waals surface area (Å²) in [5.41, 5.74) is 4.19. The number of amides is 1. The van der Waals surface area contributed by atoms with Crippen molar-refractivity contribution < 1.29 is 9.53 Å². The molecule has 6 heteroatoms. The van der Waals surface area contributed by atoms with Gasteiger partial charge < -0.3 is 14.6 Å². The van der Waals surface area contributed by atoms with E-state index in [2.05, 4.69) is 57.9 Å². The molecule has 0 radical (unpaired) electrons. The summed E-state index contributed by atoms with van der Waals surface area (Å²) in [5.74, 6) is 2.68. The van der Waals surface area contributed by atoms with Crippen LogP contribution in [0.3, 0.4) is 0 Å². The molecule has 3 aromatic rings. The number of piperidine rings is 1. The van der Waals surface area contributed by atoms with Crippen molar-refractivity contribution in [2.24, 2.45) is 11.3 Å². The van der Waals surface area contributed by atoms with Gasteiger partial charge in [-0.2, -0.15) is 0 Å². The van der Waals surface area contributed by atoms with Crippen molar-refractivity contribution in [2.45, 2.75) is 59.3 Å². The highest BCUT2D eigenvalue weighted by atomic mass is 16.5. The zero-order valence-corrected chi connectivity index (χ0v) is 22.8. The third-order valence-electron chi connectivity index (χ3n) is 8.18. The number of aromatic nitrogens is 2. The van der Waals surface area contributed by atoms with Crippen LogP contribution in [0.2, 0.25) is 0 Å². The Kier molecular flexibility index (Phi) is 7.84. The Bertz CT molecular complexity index is 1210. The summed E-state index contributed by atoms with van der Waals surface area (Å²) in [7, 11) is 0. The van der Waals surface area contributed by atoms with Crippen LogP contribution in [0.5, 0.6) is 5.75 Å². The molecule has 0 aliphatic carbocycles. The second kappa shape index (κ2) is 11.3. The van der Waals surface area contributed by atoms with Crippen LogP contribution in [0.25, 0.3) is 11.0 Å².